The zero-order valence-electron chi connectivity index (χ0n) is 11.0. The number of rotatable bonds is 5. The standard InChI is InChI=1S/C16H20O2S/c17-15(18)16(11-12-6-7-13(16)10-12)8-9-19-14-4-2-1-3-5-14/h1-5,12-13H,6-11H2,(H,17,18). The third-order valence-corrected chi connectivity index (χ3v) is 5.98. The summed E-state index contributed by atoms with van der Waals surface area (Å²) in [5.74, 6) is 1.49. The molecule has 0 spiro atoms. The van der Waals surface area contributed by atoms with Gasteiger partial charge in [-0.3, -0.25) is 4.79 Å². The van der Waals surface area contributed by atoms with Crippen LogP contribution in [-0.4, -0.2) is 16.8 Å². The number of aliphatic carboxylic acids is 1. The molecule has 1 aromatic rings. The summed E-state index contributed by atoms with van der Waals surface area (Å²) in [5, 5.41) is 9.67. The maximum absolute atomic E-state index is 11.7. The van der Waals surface area contributed by atoms with Gasteiger partial charge < -0.3 is 5.11 Å². The highest BCUT2D eigenvalue weighted by atomic mass is 32.2. The zero-order valence-corrected chi connectivity index (χ0v) is 11.9. The molecule has 3 rings (SSSR count). The third kappa shape index (κ3) is 2.40. The molecular weight excluding hydrogens is 256 g/mol. The predicted molar refractivity (Wildman–Crippen MR) is 77.3 cm³/mol. The first-order valence-corrected chi connectivity index (χ1v) is 8.10. The first-order chi connectivity index (χ1) is 9.21. The molecule has 19 heavy (non-hydrogen) atoms. The van der Waals surface area contributed by atoms with Crippen LogP contribution >= 0.6 is 11.8 Å². The highest BCUT2D eigenvalue weighted by molar-refractivity contribution is 7.99. The monoisotopic (exact) mass is 276 g/mol. The lowest BCUT2D eigenvalue weighted by atomic mass is 9.71. The second-order valence-corrected chi connectivity index (χ2v) is 7.12. The number of benzene rings is 1. The SMILES string of the molecule is O=C(O)C1(CCSc2ccccc2)CC2CCC1C2. The van der Waals surface area contributed by atoms with E-state index in [1.165, 1.54) is 11.3 Å². The van der Waals surface area contributed by atoms with E-state index in [0.29, 0.717) is 11.8 Å². The van der Waals surface area contributed by atoms with Crippen LogP contribution in [0.4, 0.5) is 0 Å². The highest BCUT2D eigenvalue weighted by Crippen LogP contribution is 2.58. The van der Waals surface area contributed by atoms with Gasteiger partial charge in [-0.2, -0.15) is 0 Å². The maximum Gasteiger partial charge on any atom is 0.309 e. The average molecular weight is 276 g/mol. The van der Waals surface area contributed by atoms with Crippen LogP contribution in [0.25, 0.3) is 0 Å². The summed E-state index contributed by atoms with van der Waals surface area (Å²) in [6, 6.07) is 10.3. The highest BCUT2D eigenvalue weighted by Gasteiger charge is 2.55. The first-order valence-electron chi connectivity index (χ1n) is 7.12. The van der Waals surface area contributed by atoms with Gasteiger partial charge in [0.25, 0.3) is 0 Å². The number of carboxylic acids is 1. The second kappa shape index (κ2) is 5.20. The molecule has 2 aliphatic rings. The van der Waals surface area contributed by atoms with Crippen LogP contribution in [0.1, 0.15) is 32.1 Å². The van der Waals surface area contributed by atoms with Gasteiger partial charge in [0.15, 0.2) is 0 Å². The van der Waals surface area contributed by atoms with Crippen molar-refractivity contribution >= 4 is 17.7 Å². The van der Waals surface area contributed by atoms with E-state index in [1.54, 1.807) is 11.8 Å². The number of hydrogen-bond donors (Lipinski definition) is 1. The summed E-state index contributed by atoms with van der Waals surface area (Å²) >= 11 is 1.79. The number of thioether (sulfide) groups is 1. The molecule has 2 bridgehead atoms. The molecular formula is C16H20O2S. The second-order valence-electron chi connectivity index (χ2n) is 5.95. The minimum atomic E-state index is -0.548. The number of carboxylic acid groups (broad SMARTS) is 1. The topological polar surface area (TPSA) is 37.3 Å². The molecule has 0 saturated heterocycles. The largest absolute Gasteiger partial charge is 0.481 e. The molecule has 2 fully saturated rings. The lowest BCUT2D eigenvalue weighted by Gasteiger charge is -2.33. The lowest BCUT2D eigenvalue weighted by molar-refractivity contribution is -0.152. The Kier molecular flexibility index (Phi) is 3.57. The fourth-order valence-corrected chi connectivity index (χ4v) is 5.04. The fourth-order valence-electron chi connectivity index (χ4n) is 3.99. The number of fused-ring (bicyclic) bond motifs is 2. The minimum absolute atomic E-state index is 0.412. The Labute approximate surface area is 118 Å². The molecule has 3 unspecified atom stereocenters. The van der Waals surface area contributed by atoms with Crippen molar-refractivity contribution in [3.63, 3.8) is 0 Å². The van der Waals surface area contributed by atoms with Gasteiger partial charge in [-0.25, -0.2) is 0 Å². The van der Waals surface area contributed by atoms with Crippen LogP contribution in [0.2, 0.25) is 0 Å². The number of hydrogen-bond acceptors (Lipinski definition) is 2. The van der Waals surface area contributed by atoms with Gasteiger partial charge >= 0.3 is 5.97 Å². The van der Waals surface area contributed by atoms with Gasteiger partial charge in [0, 0.05) is 4.90 Å². The van der Waals surface area contributed by atoms with Crippen LogP contribution < -0.4 is 0 Å². The Bertz CT molecular complexity index is 459. The van der Waals surface area contributed by atoms with Crippen LogP contribution in [0.5, 0.6) is 0 Å². The van der Waals surface area contributed by atoms with E-state index in [2.05, 4.69) is 12.1 Å². The summed E-state index contributed by atoms with van der Waals surface area (Å²) in [5.41, 5.74) is -0.412. The quantitative estimate of drug-likeness (QED) is 0.824. The summed E-state index contributed by atoms with van der Waals surface area (Å²) in [6.45, 7) is 0. The molecule has 3 heteroatoms. The van der Waals surface area contributed by atoms with E-state index in [9.17, 15) is 9.90 Å². The van der Waals surface area contributed by atoms with Crippen molar-refractivity contribution in [2.24, 2.45) is 17.3 Å². The Balaban J connectivity index is 1.62. The van der Waals surface area contributed by atoms with Crippen molar-refractivity contribution in [2.75, 3.05) is 5.75 Å². The van der Waals surface area contributed by atoms with Gasteiger partial charge in [-0.05, 0) is 55.4 Å². The smallest absolute Gasteiger partial charge is 0.309 e. The summed E-state index contributed by atoms with van der Waals surface area (Å²) in [6.07, 6.45) is 5.28. The first kappa shape index (κ1) is 13.0. The average Bonchev–Trinajstić information content (AvgIpc) is 3.01. The molecule has 0 radical (unpaired) electrons. The Morgan fingerprint density at radius 3 is 2.68 bits per heavy atom. The number of carbonyl (C=O) groups is 1. The van der Waals surface area contributed by atoms with Crippen molar-refractivity contribution in [3.05, 3.63) is 30.3 Å². The molecule has 2 saturated carbocycles. The predicted octanol–water partition coefficient (Wildman–Crippen LogP) is 4.06. The molecule has 0 aliphatic heterocycles. The Morgan fingerprint density at radius 2 is 2.11 bits per heavy atom. The van der Waals surface area contributed by atoms with E-state index in [1.807, 2.05) is 18.2 Å². The summed E-state index contributed by atoms with van der Waals surface area (Å²) in [7, 11) is 0. The molecule has 2 aliphatic carbocycles. The van der Waals surface area contributed by atoms with Crippen LogP contribution in [0.15, 0.2) is 35.2 Å². The summed E-state index contributed by atoms with van der Waals surface area (Å²) in [4.78, 5) is 13.0. The molecule has 1 aromatic carbocycles. The maximum atomic E-state index is 11.7. The molecule has 0 heterocycles. The molecule has 0 aromatic heterocycles. The van der Waals surface area contributed by atoms with Gasteiger partial charge in [0.1, 0.15) is 0 Å². The normalized spacial score (nSPS) is 32.6. The van der Waals surface area contributed by atoms with Gasteiger partial charge in [0.2, 0.25) is 0 Å². The molecule has 2 nitrogen and oxygen atoms in total. The molecule has 1 N–H and O–H groups in total. The lowest BCUT2D eigenvalue weighted by Crippen LogP contribution is -2.37. The van der Waals surface area contributed by atoms with Crippen molar-refractivity contribution in [2.45, 2.75) is 37.0 Å². The van der Waals surface area contributed by atoms with E-state index < -0.39 is 11.4 Å². The van der Waals surface area contributed by atoms with Crippen molar-refractivity contribution in [1.29, 1.82) is 0 Å². The van der Waals surface area contributed by atoms with Crippen molar-refractivity contribution in [3.8, 4) is 0 Å². The van der Waals surface area contributed by atoms with Gasteiger partial charge in [-0.1, -0.05) is 24.6 Å². The van der Waals surface area contributed by atoms with E-state index in [-0.39, 0.29) is 0 Å². The third-order valence-electron chi connectivity index (χ3n) is 4.96. The molecule has 3 atom stereocenters. The van der Waals surface area contributed by atoms with Gasteiger partial charge in [-0.15, -0.1) is 11.8 Å². The van der Waals surface area contributed by atoms with Crippen LogP contribution in [0.3, 0.4) is 0 Å². The summed E-state index contributed by atoms with van der Waals surface area (Å²) < 4.78 is 0. The van der Waals surface area contributed by atoms with Crippen molar-refractivity contribution < 1.29 is 9.90 Å². The van der Waals surface area contributed by atoms with Crippen LogP contribution in [-0.2, 0) is 4.79 Å². The molecule has 0 amide bonds. The Hall–Kier alpha value is -0.960. The Morgan fingerprint density at radius 1 is 1.32 bits per heavy atom. The van der Waals surface area contributed by atoms with Crippen LogP contribution in [0, 0.1) is 17.3 Å². The fraction of sp³-hybridized carbons (Fsp3) is 0.562. The van der Waals surface area contributed by atoms with E-state index >= 15 is 0 Å². The zero-order chi connectivity index (χ0) is 13.3. The minimum Gasteiger partial charge on any atom is -0.481 e. The van der Waals surface area contributed by atoms with E-state index in [4.69, 9.17) is 0 Å². The van der Waals surface area contributed by atoms with Gasteiger partial charge in [0.05, 0.1) is 5.41 Å². The van der Waals surface area contributed by atoms with E-state index in [0.717, 1.165) is 31.4 Å². The van der Waals surface area contributed by atoms with Crippen molar-refractivity contribution in [1.82, 2.24) is 0 Å². The molecule has 102 valence electrons.